The Labute approximate surface area is 179 Å². The number of fused-ring (bicyclic) bond motifs is 1. The van der Waals surface area contributed by atoms with Gasteiger partial charge in [0.15, 0.2) is 0 Å². The molecule has 3 heterocycles. The number of hydrogen-bond donors (Lipinski definition) is 1. The van der Waals surface area contributed by atoms with Crippen molar-refractivity contribution in [2.45, 2.75) is 70.6 Å². The molecular formula is C23H36N4O3. The van der Waals surface area contributed by atoms with Crippen LogP contribution in [0.15, 0.2) is 29.1 Å². The van der Waals surface area contributed by atoms with Crippen molar-refractivity contribution in [1.29, 1.82) is 0 Å². The smallest absolute Gasteiger partial charge is 0.410 e. The minimum absolute atomic E-state index is 0. The largest absolute Gasteiger partial charge is 0.444 e. The Morgan fingerprint density at radius 2 is 1.80 bits per heavy atom. The molecule has 1 aromatic carbocycles. The Bertz CT molecular complexity index is 948. The molecule has 1 N–H and O–H groups in total. The second-order valence-electron chi connectivity index (χ2n) is 9.66. The van der Waals surface area contributed by atoms with Gasteiger partial charge in [-0.05, 0) is 71.6 Å². The van der Waals surface area contributed by atoms with Crippen LogP contribution in [0.25, 0.3) is 11.0 Å². The molecule has 1 unspecified atom stereocenters. The van der Waals surface area contributed by atoms with E-state index in [9.17, 15) is 9.59 Å². The lowest BCUT2D eigenvalue weighted by Crippen LogP contribution is -2.51. The highest BCUT2D eigenvalue weighted by atomic mass is 16.6. The molecule has 1 amide bonds. The van der Waals surface area contributed by atoms with Crippen LogP contribution in [-0.2, 0) is 4.74 Å². The first kappa shape index (κ1) is 21.0. The number of imidazole rings is 1. The van der Waals surface area contributed by atoms with Crippen LogP contribution >= 0.6 is 0 Å². The molecule has 2 aliphatic heterocycles. The second kappa shape index (κ2) is 8.46. The molecule has 7 heteroatoms. The quantitative estimate of drug-likeness (QED) is 0.803. The first-order chi connectivity index (χ1) is 14.3. The van der Waals surface area contributed by atoms with E-state index in [1.54, 1.807) is 0 Å². The molecule has 2 atom stereocenters. The molecule has 30 heavy (non-hydrogen) atoms. The molecule has 0 spiro atoms. The summed E-state index contributed by atoms with van der Waals surface area (Å²) in [5.74, 6) is 0. The van der Waals surface area contributed by atoms with Crippen LogP contribution in [0, 0.1) is 0 Å². The lowest BCUT2D eigenvalue weighted by Gasteiger charge is -2.39. The van der Waals surface area contributed by atoms with E-state index in [2.05, 4.69) is 9.88 Å². The van der Waals surface area contributed by atoms with Gasteiger partial charge < -0.3 is 14.6 Å². The molecular weight excluding hydrogens is 380 g/mol. The Morgan fingerprint density at radius 3 is 2.60 bits per heavy atom. The first-order valence-corrected chi connectivity index (χ1v) is 11.2. The number of piperidine rings is 1. The van der Waals surface area contributed by atoms with Crippen LogP contribution in [0.5, 0.6) is 0 Å². The van der Waals surface area contributed by atoms with Crippen molar-refractivity contribution in [2.75, 3.05) is 26.2 Å². The first-order valence-electron chi connectivity index (χ1n) is 11.2. The van der Waals surface area contributed by atoms with Gasteiger partial charge in [-0.1, -0.05) is 12.1 Å². The van der Waals surface area contributed by atoms with Crippen molar-refractivity contribution in [3.8, 4) is 0 Å². The zero-order valence-corrected chi connectivity index (χ0v) is 18.4. The number of hydrogen-bond acceptors (Lipinski definition) is 4. The van der Waals surface area contributed by atoms with E-state index in [0.717, 1.165) is 69.3 Å². The van der Waals surface area contributed by atoms with Crippen molar-refractivity contribution in [3.63, 3.8) is 0 Å². The summed E-state index contributed by atoms with van der Waals surface area (Å²) in [6.07, 6.45) is 4.92. The third kappa shape index (κ3) is 4.56. The van der Waals surface area contributed by atoms with Crippen LogP contribution in [0.1, 0.15) is 60.3 Å². The maximum atomic E-state index is 12.6. The molecule has 7 nitrogen and oxygen atoms in total. The average molecular weight is 417 g/mol. The number of benzene rings is 1. The van der Waals surface area contributed by atoms with Crippen LogP contribution in [-0.4, -0.2) is 63.3 Å². The molecule has 4 rings (SSSR count). The Kier molecular flexibility index (Phi) is 5.91. The lowest BCUT2D eigenvalue weighted by molar-refractivity contribution is 0.0107. The number of nitrogens with one attached hydrogen (secondary N) is 1. The molecule has 1 aromatic heterocycles. The summed E-state index contributed by atoms with van der Waals surface area (Å²) in [5, 5.41) is 0. The van der Waals surface area contributed by atoms with Crippen molar-refractivity contribution < 1.29 is 11.0 Å². The maximum Gasteiger partial charge on any atom is 0.410 e. The predicted molar refractivity (Wildman–Crippen MR) is 120 cm³/mol. The number of ether oxygens (including phenoxy) is 1. The Hall–Kier alpha value is -2.28. The van der Waals surface area contributed by atoms with Gasteiger partial charge in [0.05, 0.1) is 11.0 Å². The maximum absolute atomic E-state index is 12.6. The fourth-order valence-corrected chi connectivity index (χ4v) is 4.91. The fourth-order valence-electron chi connectivity index (χ4n) is 4.91. The van der Waals surface area contributed by atoms with E-state index in [4.69, 9.17) is 4.74 Å². The zero-order chi connectivity index (χ0) is 21.3. The minimum atomic E-state index is -0.466. The zero-order valence-electron chi connectivity index (χ0n) is 18.4. The number of aromatic nitrogens is 2. The van der Waals surface area contributed by atoms with Crippen LogP contribution in [0.2, 0.25) is 0 Å². The predicted octanol–water partition coefficient (Wildman–Crippen LogP) is 4.00. The summed E-state index contributed by atoms with van der Waals surface area (Å²) in [6.45, 7) is 9.19. The summed E-state index contributed by atoms with van der Waals surface area (Å²) in [7, 11) is 0. The van der Waals surface area contributed by atoms with E-state index in [0.29, 0.717) is 6.04 Å². The van der Waals surface area contributed by atoms with Crippen molar-refractivity contribution in [2.24, 2.45) is 0 Å². The Morgan fingerprint density at radius 1 is 1.07 bits per heavy atom. The number of likely N-dealkylation sites (tertiary alicyclic amines) is 2. The van der Waals surface area contributed by atoms with Gasteiger partial charge in [0, 0.05) is 33.1 Å². The van der Waals surface area contributed by atoms with E-state index in [-0.39, 0.29) is 19.3 Å². The summed E-state index contributed by atoms with van der Waals surface area (Å²) in [5.41, 5.74) is 1.42. The number of nitrogens with zero attached hydrogens (tertiary/aromatic N) is 3. The van der Waals surface area contributed by atoms with Crippen LogP contribution < -0.4 is 5.69 Å². The second-order valence-corrected chi connectivity index (χ2v) is 9.66. The van der Waals surface area contributed by atoms with E-state index >= 15 is 0 Å². The van der Waals surface area contributed by atoms with Gasteiger partial charge in [-0.15, -0.1) is 0 Å². The Balaban J connectivity index is 0.00000272. The standard InChI is InChI=1S/C23H34N4O3.H2/c1-23(2,3)30-22(29)26-14-7-9-18(16-26)25-13-6-8-17(12-15-25)27-20-11-5-4-10-19(20)24-21(27)28;/h4-5,10-11,17-18H,6-9,12-16H2,1-3H3,(H,24,28);1H/t17?,18-;/m0./s1. The average Bonchev–Trinajstić information content (AvgIpc) is 2.86. The molecule has 2 saturated heterocycles. The molecule has 2 fully saturated rings. The molecule has 2 aliphatic rings. The SMILES string of the molecule is CC(C)(C)OC(=O)N1CCC[C@H](N2CCCC(n3c(=O)[nH]c4ccccc43)CC2)C1.[HH]. The van der Waals surface area contributed by atoms with Crippen molar-refractivity contribution in [3.05, 3.63) is 34.7 Å². The highest BCUT2D eigenvalue weighted by molar-refractivity contribution is 5.75. The molecule has 166 valence electrons. The summed E-state index contributed by atoms with van der Waals surface area (Å²) in [6, 6.07) is 8.51. The number of aromatic amines is 1. The lowest BCUT2D eigenvalue weighted by atomic mass is 10.0. The number of H-pyrrole nitrogens is 1. The van der Waals surface area contributed by atoms with Gasteiger partial charge in [0.25, 0.3) is 0 Å². The number of carbonyl (C=O) groups excluding carboxylic acids is 1. The summed E-state index contributed by atoms with van der Waals surface area (Å²) < 4.78 is 7.54. The van der Waals surface area contributed by atoms with Crippen molar-refractivity contribution >= 4 is 17.1 Å². The van der Waals surface area contributed by atoms with Gasteiger partial charge >= 0.3 is 11.8 Å². The molecule has 0 aliphatic carbocycles. The van der Waals surface area contributed by atoms with Gasteiger partial charge in [-0.2, -0.15) is 0 Å². The van der Waals surface area contributed by atoms with Crippen LogP contribution in [0.3, 0.4) is 0 Å². The van der Waals surface area contributed by atoms with Gasteiger partial charge in [-0.3, -0.25) is 9.47 Å². The van der Waals surface area contributed by atoms with E-state index < -0.39 is 5.60 Å². The van der Waals surface area contributed by atoms with Crippen molar-refractivity contribution in [1.82, 2.24) is 19.4 Å². The van der Waals surface area contributed by atoms with Gasteiger partial charge in [0.2, 0.25) is 0 Å². The van der Waals surface area contributed by atoms with Crippen LogP contribution in [0.4, 0.5) is 4.79 Å². The number of amides is 1. The number of para-hydroxylation sites is 2. The number of carbonyl (C=O) groups is 1. The summed E-state index contributed by atoms with van der Waals surface area (Å²) >= 11 is 0. The molecule has 0 radical (unpaired) electrons. The van der Waals surface area contributed by atoms with Gasteiger partial charge in [0.1, 0.15) is 5.60 Å². The highest BCUT2D eigenvalue weighted by Gasteiger charge is 2.32. The van der Waals surface area contributed by atoms with E-state index in [1.807, 2.05) is 54.5 Å². The van der Waals surface area contributed by atoms with Gasteiger partial charge in [-0.25, -0.2) is 9.59 Å². The summed E-state index contributed by atoms with van der Waals surface area (Å²) in [4.78, 5) is 32.5. The topological polar surface area (TPSA) is 70.6 Å². The molecule has 0 bridgehead atoms. The minimum Gasteiger partial charge on any atom is -0.444 e. The molecule has 2 aromatic rings. The van der Waals surface area contributed by atoms with E-state index in [1.165, 1.54) is 0 Å². The third-order valence-corrected chi connectivity index (χ3v) is 6.29. The third-order valence-electron chi connectivity index (χ3n) is 6.29. The fraction of sp³-hybridized carbons (Fsp3) is 0.652. The normalized spacial score (nSPS) is 24.0. The molecule has 0 saturated carbocycles. The number of rotatable bonds is 2. The highest BCUT2D eigenvalue weighted by Crippen LogP contribution is 2.28. The monoisotopic (exact) mass is 416 g/mol.